The minimum absolute atomic E-state index is 0.101. The first kappa shape index (κ1) is 14.2. The zero-order valence-corrected chi connectivity index (χ0v) is 12.9. The molecule has 2 aromatic heterocycles. The van der Waals surface area contributed by atoms with Crippen LogP contribution in [0, 0.1) is 6.92 Å². The van der Waals surface area contributed by atoms with E-state index in [0.29, 0.717) is 6.54 Å². The third-order valence-corrected chi connectivity index (χ3v) is 5.50. The molecule has 2 aromatic rings. The second-order valence-electron chi connectivity index (χ2n) is 5.35. The molecule has 1 aliphatic rings. The van der Waals surface area contributed by atoms with Crippen LogP contribution in [-0.2, 0) is 17.1 Å². The zero-order valence-electron chi connectivity index (χ0n) is 12.1. The predicted molar refractivity (Wildman–Crippen MR) is 78.0 cm³/mol. The molecule has 6 nitrogen and oxygen atoms in total. The molecule has 0 radical (unpaired) electrons. The maximum Gasteiger partial charge on any atom is 0.262 e. The van der Waals surface area contributed by atoms with Gasteiger partial charge < -0.3 is 4.57 Å². The molecule has 0 aromatic carbocycles. The Hall–Kier alpha value is -1.73. The number of pyridine rings is 1. The van der Waals surface area contributed by atoms with Crippen molar-refractivity contribution in [2.24, 2.45) is 7.05 Å². The first-order valence-electron chi connectivity index (χ1n) is 6.92. The van der Waals surface area contributed by atoms with E-state index in [4.69, 9.17) is 0 Å². The van der Waals surface area contributed by atoms with E-state index in [0.717, 1.165) is 24.2 Å². The summed E-state index contributed by atoms with van der Waals surface area (Å²) in [5.41, 5.74) is 1.71. The number of imidazole rings is 1. The van der Waals surface area contributed by atoms with Gasteiger partial charge in [-0.2, -0.15) is 4.31 Å². The van der Waals surface area contributed by atoms with Crippen molar-refractivity contribution in [2.45, 2.75) is 30.8 Å². The normalized spacial score (nSPS) is 20.0. The fourth-order valence-corrected chi connectivity index (χ4v) is 4.35. The minimum Gasteiger partial charge on any atom is -0.339 e. The van der Waals surface area contributed by atoms with Crippen molar-refractivity contribution >= 4 is 10.0 Å². The van der Waals surface area contributed by atoms with E-state index in [1.165, 1.54) is 16.8 Å². The van der Waals surface area contributed by atoms with Crippen LogP contribution in [0.5, 0.6) is 0 Å². The molecule has 7 heteroatoms. The van der Waals surface area contributed by atoms with Crippen molar-refractivity contribution in [1.82, 2.24) is 18.8 Å². The Morgan fingerprint density at radius 2 is 2.14 bits per heavy atom. The molecule has 1 saturated heterocycles. The van der Waals surface area contributed by atoms with E-state index in [-0.39, 0.29) is 11.1 Å². The minimum atomic E-state index is -3.57. The number of hydrogen-bond acceptors (Lipinski definition) is 4. The third-order valence-electron chi connectivity index (χ3n) is 3.71. The van der Waals surface area contributed by atoms with Gasteiger partial charge in [-0.3, -0.25) is 4.98 Å². The highest BCUT2D eigenvalue weighted by Crippen LogP contribution is 2.35. The van der Waals surface area contributed by atoms with Crippen LogP contribution in [0.25, 0.3) is 0 Å². The summed E-state index contributed by atoms with van der Waals surface area (Å²) < 4.78 is 28.6. The summed E-state index contributed by atoms with van der Waals surface area (Å²) in [6, 6.07) is 5.53. The number of aromatic nitrogens is 3. The van der Waals surface area contributed by atoms with Crippen molar-refractivity contribution in [2.75, 3.05) is 6.54 Å². The zero-order chi connectivity index (χ0) is 15.0. The van der Waals surface area contributed by atoms with Crippen LogP contribution < -0.4 is 0 Å². The summed E-state index contributed by atoms with van der Waals surface area (Å²) in [4.78, 5) is 8.48. The summed E-state index contributed by atoms with van der Waals surface area (Å²) in [5, 5.41) is 0.101. The molecular formula is C14H18N4O2S. The van der Waals surface area contributed by atoms with E-state index in [2.05, 4.69) is 9.97 Å². The van der Waals surface area contributed by atoms with Crippen molar-refractivity contribution < 1.29 is 8.42 Å². The predicted octanol–water partition coefficient (Wildman–Crippen LogP) is 1.65. The highest BCUT2D eigenvalue weighted by Gasteiger charge is 2.38. The van der Waals surface area contributed by atoms with Gasteiger partial charge in [0, 0.05) is 25.5 Å². The molecule has 1 atom stereocenters. The number of sulfonamides is 1. The molecule has 0 N–H and O–H groups in total. The lowest BCUT2D eigenvalue weighted by Crippen LogP contribution is -2.31. The molecule has 0 unspecified atom stereocenters. The van der Waals surface area contributed by atoms with Gasteiger partial charge in [0.25, 0.3) is 10.0 Å². The average Bonchev–Trinajstić information content (AvgIpc) is 3.07. The fourth-order valence-electron chi connectivity index (χ4n) is 2.72. The van der Waals surface area contributed by atoms with Gasteiger partial charge in [-0.15, -0.1) is 0 Å². The first-order chi connectivity index (χ1) is 9.98. The van der Waals surface area contributed by atoms with E-state index in [1.54, 1.807) is 11.6 Å². The Morgan fingerprint density at radius 1 is 1.33 bits per heavy atom. The van der Waals surface area contributed by atoms with E-state index in [1.807, 2.05) is 25.1 Å². The van der Waals surface area contributed by atoms with Crippen LogP contribution in [0.4, 0.5) is 0 Å². The van der Waals surface area contributed by atoms with Gasteiger partial charge in [0.1, 0.15) is 0 Å². The van der Waals surface area contributed by atoms with Gasteiger partial charge in [-0.05, 0) is 31.9 Å². The van der Waals surface area contributed by atoms with Gasteiger partial charge in [0.05, 0.1) is 18.1 Å². The standard InChI is InChI=1S/C14H18N4O2S/c1-11-5-3-6-12(16-11)13-7-4-8-18(13)21(19,20)14-9-17(2)10-15-14/h3,5-6,9-10,13H,4,7-8H2,1-2H3/t13-/m0/s1. The molecule has 0 saturated carbocycles. The molecule has 3 rings (SSSR count). The van der Waals surface area contributed by atoms with Crippen molar-refractivity contribution in [3.05, 3.63) is 42.1 Å². The Bertz CT molecular complexity index is 754. The largest absolute Gasteiger partial charge is 0.339 e. The summed E-state index contributed by atoms with van der Waals surface area (Å²) in [6.07, 6.45) is 4.67. The highest BCUT2D eigenvalue weighted by atomic mass is 32.2. The molecule has 3 heterocycles. The van der Waals surface area contributed by atoms with E-state index >= 15 is 0 Å². The van der Waals surface area contributed by atoms with Crippen molar-refractivity contribution in [1.29, 1.82) is 0 Å². The van der Waals surface area contributed by atoms with Gasteiger partial charge in [0.2, 0.25) is 0 Å². The van der Waals surface area contributed by atoms with Gasteiger partial charge >= 0.3 is 0 Å². The van der Waals surface area contributed by atoms with Crippen LogP contribution in [0.3, 0.4) is 0 Å². The number of nitrogens with zero attached hydrogens (tertiary/aromatic N) is 4. The first-order valence-corrected chi connectivity index (χ1v) is 8.36. The summed E-state index contributed by atoms with van der Waals surface area (Å²) in [7, 11) is -1.81. The Labute approximate surface area is 124 Å². The smallest absolute Gasteiger partial charge is 0.262 e. The summed E-state index contributed by atoms with van der Waals surface area (Å²) >= 11 is 0. The molecule has 112 valence electrons. The maximum absolute atomic E-state index is 12.7. The lowest BCUT2D eigenvalue weighted by atomic mass is 10.1. The highest BCUT2D eigenvalue weighted by molar-refractivity contribution is 7.89. The van der Waals surface area contributed by atoms with Crippen LogP contribution in [0.2, 0.25) is 0 Å². The molecule has 0 amide bonds. The third kappa shape index (κ3) is 2.58. The van der Waals surface area contributed by atoms with Crippen molar-refractivity contribution in [3.8, 4) is 0 Å². The second kappa shape index (κ2) is 5.23. The summed E-state index contributed by atoms with van der Waals surface area (Å²) in [6.45, 7) is 2.43. The monoisotopic (exact) mass is 306 g/mol. The van der Waals surface area contributed by atoms with Crippen LogP contribution in [0.15, 0.2) is 35.7 Å². The van der Waals surface area contributed by atoms with Gasteiger partial charge in [-0.1, -0.05) is 6.07 Å². The summed E-state index contributed by atoms with van der Waals surface area (Å²) in [5.74, 6) is 0. The van der Waals surface area contributed by atoms with Crippen LogP contribution >= 0.6 is 0 Å². The van der Waals surface area contributed by atoms with Crippen LogP contribution in [-0.4, -0.2) is 33.8 Å². The number of rotatable bonds is 3. The quantitative estimate of drug-likeness (QED) is 0.864. The lowest BCUT2D eigenvalue weighted by molar-refractivity contribution is 0.388. The maximum atomic E-state index is 12.7. The SMILES string of the molecule is Cc1cccc([C@@H]2CCCN2S(=O)(=O)c2cn(C)cn2)n1. The average molecular weight is 306 g/mol. The Morgan fingerprint density at radius 3 is 2.81 bits per heavy atom. The molecule has 0 aliphatic carbocycles. The number of aryl methyl sites for hydroxylation is 2. The molecule has 21 heavy (non-hydrogen) atoms. The molecule has 1 fully saturated rings. The Balaban J connectivity index is 1.97. The molecule has 0 spiro atoms. The molecular weight excluding hydrogens is 288 g/mol. The Kier molecular flexibility index (Phi) is 3.54. The topological polar surface area (TPSA) is 68.1 Å². The molecule has 0 bridgehead atoms. The van der Waals surface area contributed by atoms with E-state index < -0.39 is 10.0 Å². The van der Waals surface area contributed by atoms with Crippen LogP contribution in [0.1, 0.15) is 30.3 Å². The molecule has 1 aliphatic heterocycles. The fraction of sp³-hybridized carbons (Fsp3) is 0.429. The second-order valence-corrected chi connectivity index (χ2v) is 7.19. The lowest BCUT2D eigenvalue weighted by Gasteiger charge is -2.22. The van der Waals surface area contributed by atoms with E-state index in [9.17, 15) is 8.42 Å². The van der Waals surface area contributed by atoms with Gasteiger partial charge in [0.15, 0.2) is 5.03 Å². The number of hydrogen-bond donors (Lipinski definition) is 0. The van der Waals surface area contributed by atoms with Gasteiger partial charge in [-0.25, -0.2) is 13.4 Å². The van der Waals surface area contributed by atoms with Crippen molar-refractivity contribution in [3.63, 3.8) is 0 Å².